The number of carbonyl (C=O) groups is 2. The van der Waals surface area contributed by atoms with Crippen LogP contribution in [0.3, 0.4) is 0 Å². The molecule has 2 heterocycles. The van der Waals surface area contributed by atoms with Crippen LogP contribution in [0.25, 0.3) is 0 Å². The maximum absolute atomic E-state index is 12.5. The van der Waals surface area contributed by atoms with Gasteiger partial charge < -0.3 is 10.4 Å². The lowest BCUT2D eigenvalue weighted by Crippen LogP contribution is -2.47. The van der Waals surface area contributed by atoms with Crippen molar-refractivity contribution in [1.29, 1.82) is 0 Å². The van der Waals surface area contributed by atoms with Crippen LogP contribution in [0, 0.1) is 10.1 Å². The van der Waals surface area contributed by atoms with Crippen molar-refractivity contribution in [1.82, 2.24) is 10.2 Å². The number of amides is 2. The molecule has 3 rings (SSSR count). The van der Waals surface area contributed by atoms with Crippen molar-refractivity contribution in [3.63, 3.8) is 0 Å². The Kier molecular flexibility index (Phi) is 3.53. The minimum Gasteiger partial charge on any atom is -0.369 e. The summed E-state index contributed by atoms with van der Waals surface area (Å²) in [6.45, 7) is 0.528. The number of hydrogen-bond acceptors (Lipinski definition) is 5. The van der Waals surface area contributed by atoms with E-state index in [1.165, 1.54) is 18.2 Å². The van der Waals surface area contributed by atoms with E-state index < -0.39 is 23.1 Å². The monoisotopic (exact) mass is 305 g/mol. The molecule has 2 aliphatic heterocycles. The lowest BCUT2D eigenvalue weighted by molar-refractivity contribution is -0.386. The average Bonchev–Trinajstić information content (AvgIpc) is 2.65. The molecule has 22 heavy (non-hydrogen) atoms. The summed E-state index contributed by atoms with van der Waals surface area (Å²) in [6, 6.07) is 3.27. The van der Waals surface area contributed by atoms with E-state index in [1.54, 1.807) is 0 Å². The van der Waals surface area contributed by atoms with E-state index in [4.69, 9.17) is 0 Å². The Balaban J connectivity index is 2.03. The average molecular weight is 305 g/mol. The fourth-order valence-electron chi connectivity index (χ4n) is 3.06. The zero-order valence-corrected chi connectivity index (χ0v) is 11.7. The molecule has 2 atom stereocenters. The van der Waals surface area contributed by atoms with Crippen LogP contribution in [0.4, 0.5) is 5.69 Å². The van der Waals surface area contributed by atoms with Gasteiger partial charge in [0.05, 0.1) is 16.1 Å². The number of benzene rings is 1. The summed E-state index contributed by atoms with van der Waals surface area (Å²) in [4.78, 5) is 36.1. The standard InChI is InChI=1S/C14H15N3O5/c18-12-10(5-1-2-7-15-12)16-13(19)8-4-3-6-9(17(21)22)11(8)14(16)20/h3-4,6,10,14,20H,1-2,5,7H2,(H,15,18)/t10-,14?/m0/s1. The lowest BCUT2D eigenvalue weighted by atomic mass is 10.1. The third kappa shape index (κ3) is 2.12. The quantitative estimate of drug-likeness (QED) is 0.617. The second-order valence-electron chi connectivity index (χ2n) is 5.38. The Bertz CT molecular complexity index is 660. The number of rotatable bonds is 2. The summed E-state index contributed by atoms with van der Waals surface area (Å²) in [7, 11) is 0. The van der Waals surface area contributed by atoms with Crippen molar-refractivity contribution in [2.24, 2.45) is 0 Å². The number of fused-ring (bicyclic) bond motifs is 1. The Labute approximate surface area is 125 Å². The van der Waals surface area contributed by atoms with Crippen LogP contribution in [0.15, 0.2) is 18.2 Å². The summed E-state index contributed by atoms with van der Waals surface area (Å²) in [5, 5.41) is 24.2. The van der Waals surface area contributed by atoms with Gasteiger partial charge in [-0.1, -0.05) is 6.07 Å². The highest BCUT2D eigenvalue weighted by Crippen LogP contribution is 2.39. The molecular weight excluding hydrogens is 290 g/mol. The van der Waals surface area contributed by atoms with E-state index in [1.807, 2.05) is 0 Å². The van der Waals surface area contributed by atoms with E-state index in [9.17, 15) is 24.8 Å². The molecule has 0 aliphatic carbocycles. The summed E-state index contributed by atoms with van der Waals surface area (Å²) in [6.07, 6.45) is 0.486. The molecule has 8 nitrogen and oxygen atoms in total. The van der Waals surface area contributed by atoms with Crippen LogP contribution in [0.5, 0.6) is 0 Å². The summed E-state index contributed by atoms with van der Waals surface area (Å²) < 4.78 is 0. The Morgan fingerprint density at radius 1 is 1.32 bits per heavy atom. The largest absolute Gasteiger partial charge is 0.369 e. The molecule has 116 valence electrons. The van der Waals surface area contributed by atoms with Gasteiger partial charge in [0.1, 0.15) is 6.04 Å². The second-order valence-corrected chi connectivity index (χ2v) is 5.38. The van der Waals surface area contributed by atoms with Gasteiger partial charge in [-0.3, -0.25) is 24.6 Å². The van der Waals surface area contributed by atoms with Gasteiger partial charge in [0.2, 0.25) is 5.91 Å². The van der Waals surface area contributed by atoms with Crippen molar-refractivity contribution < 1.29 is 19.6 Å². The highest BCUT2D eigenvalue weighted by molar-refractivity contribution is 6.02. The molecule has 0 bridgehead atoms. The molecule has 0 aromatic heterocycles. The summed E-state index contributed by atoms with van der Waals surface area (Å²) >= 11 is 0. The fourth-order valence-corrected chi connectivity index (χ4v) is 3.06. The van der Waals surface area contributed by atoms with Gasteiger partial charge in [-0.25, -0.2) is 0 Å². The lowest BCUT2D eigenvalue weighted by Gasteiger charge is -2.28. The number of aliphatic hydroxyl groups is 1. The number of nitro benzene ring substituents is 1. The predicted molar refractivity (Wildman–Crippen MR) is 74.9 cm³/mol. The molecule has 0 radical (unpaired) electrons. The first-order valence-electron chi connectivity index (χ1n) is 7.08. The predicted octanol–water partition coefficient (Wildman–Crippen LogP) is 0.710. The number of nitrogens with zero attached hydrogens (tertiary/aromatic N) is 2. The van der Waals surface area contributed by atoms with Gasteiger partial charge in [-0.2, -0.15) is 0 Å². The second kappa shape index (κ2) is 5.38. The minimum atomic E-state index is -1.47. The van der Waals surface area contributed by atoms with E-state index in [0.29, 0.717) is 13.0 Å². The molecule has 0 saturated carbocycles. The van der Waals surface area contributed by atoms with Crippen molar-refractivity contribution in [3.05, 3.63) is 39.4 Å². The van der Waals surface area contributed by atoms with Gasteiger partial charge in [-0.05, 0) is 25.3 Å². The molecule has 0 spiro atoms. The molecule has 1 aromatic rings. The highest BCUT2D eigenvalue weighted by atomic mass is 16.6. The van der Waals surface area contributed by atoms with Crippen LogP contribution >= 0.6 is 0 Å². The normalized spacial score (nSPS) is 24.7. The van der Waals surface area contributed by atoms with Crippen LogP contribution in [0.2, 0.25) is 0 Å². The van der Waals surface area contributed by atoms with Crippen LogP contribution in [-0.4, -0.2) is 39.3 Å². The van der Waals surface area contributed by atoms with E-state index in [-0.39, 0.29) is 22.7 Å². The molecule has 1 unspecified atom stereocenters. The SMILES string of the molecule is O=C1NCCCC[C@@H]1N1C(=O)c2cccc([N+](=O)[O-])c2C1O. The highest BCUT2D eigenvalue weighted by Gasteiger charge is 2.46. The molecule has 2 amide bonds. The third-order valence-electron chi connectivity index (χ3n) is 4.11. The fraction of sp³-hybridized carbons (Fsp3) is 0.429. The molecule has 1 aromatic carbocycles. The van der Waals surface area contributed by atoms with Gasteiger partial charge in [0.25, 0.3) is 11.6 Å². The van der Waals surface area contributed by atoms with Crippen molar-refractivity contribution in [2.75, 3.05) is 6.54 Å². The van der Waals surface area contributed by atoms with Gasteiger partial charge >= 0.3 is 0 Å². The smallest absolute Gasteiger partial charge is 0.277 e. The Hall–Kier alpha value is -2.48. The van der Waals surface area contributed by atoms with Crippen molar-refractivity contribution >= 4 is 17.5 Å². The zero-order chi connectivity index (χ0) is 15.9. The zero-order valence-electron chi connectivity index (χ0n) is 11.7. The molecule has 2 aliphatic rings. The maximum atomic E-state index is 12.5. The molecule has 2 N–H and O–H groups in total. The van der Waals surface area contributed by atoms with E-state index in [2.05, 4.69) is 5.32 Å². The van der Waals surface area contributed by atoms with E-state index >= 15 is 0 Å². The molecule has 1 fully saturated rings. The van der Waals surface area contributed by atoms with Crippen molar-refractivity contribution in [3.8, 4) is 0 Å². The molecule has 8 heteroatoms. The van der Waals surface area contributed by atoms with Crippen LogP contribution in [-0.2, 0) is 4.79 Å². The first-order valence-corrected chi connectivity index (χ1v) is 7.08. The van der Waals surface area contributed by atoms with Crippen molar-refractivity contribution in [2.45, 2.75) is 31.5 Å². The summed E-state index contributed by atoms with van der Waals surface area (Å²) in [5.74, 6) is -0.881. The first-order chi connectivity index (χ1) is 10.5. The number of nitrogens with one attached hydrogen (secondary N) is 1. The Morgan fingerprint density at radius 2 is 2.09 bits per heavy atom. The molecule has 1 saturated heterocycles. The summed E-state index contributed by atoms with van der Waals surface area (Å²) in [5.41, 5.74) is -0.261. The number of nitro groups is 1. The van der Waals surface area contributed by atoms with Crippen LogP contribution in [0.1, 0.15) is 41.4 Å². The maximum Gasteiger partial charge on any atom is 0.277 e. The third-order valence-corrected chi connectivity index (χ3v) is 4.11. The van der Waals surface area contributed by atoms with E-state index in [0.717, 1.165) is 17.7 Å². The van der Waals surface area contributed by atoms with Gasteiger partial charge in [0.15, 0.2) is 6.23 Å². The van der Waals surface area contributed by atoms with Gasteiger partial charge in [0, 0.05) is 12.6 Å². The minimum absolute atomic E-state index is 0.0328. The van der Waals surface area contributed by atoms with Gasteiger partial charge in [-0.15, -0.1) is 0 Å². The topological polar surface area (TPSA) is 113 Å². The Morgan fingerprint density at radius 3 is 2.82 bits per heavy atom. The number of hydrogen-bond donors (Lipinski definition) is 2. The first kappa shape index (κ1) is 14.5. The van der Waals surface area contributed by atoms with Crippen LogP contribution < -0.4 is 5.32 Å². The number of aliphatic hydroxyl groups excluding tert-OH is 1. The molecular formula is C14H15N3O5. The number of carbonyl (C=O) groups excluding carboxylic acids is 2.